The molecule has 0 atom stereocenters. The van der Waals surface area contributed by atoms with Crippen molar-refractivity contribution in [2.24, 2.45) is 0 Å². The molecule has 0 aliphatic carbocycles. The van der Waals surface area contributed by atoms with Gasteiger partial charge in [0.25, 0.3) is 5.69 Å². The number of ether oxygens (including phenoxy) is 1. The monoisotopic (exact) mass is 434 g/mol. The molecule has 6 nitrogen and oxygen atoms in total. The molecule has 144 valence electrons. The molecule has 0 saturated heterocycles. The summed E-state index contributed by atoms with van der Waals surface area (Å²) in [6.07, 6.45) is 0.800. The van der Waals surface area contributed by atoms with E-state index < -0.39 is 4.92 Å². The van der Waals surface area contributed by atoms with Crippen LogP contribution >= 0.6 is 15.9 Å². The lowest BCUT2D eigenvalue weighted by Crippen LogP contribution is -2.13. The second-order valence-corrected chi connectivity index (χ2v) is 8.06. The van der Waals surface area contributed by atoms with Crippen LogP contribution in [0.5, 0.6) is 5.75 Å². The van der Waals surface area contributed by atoms with E-state index in [2.05, 4.69) is 42.0 Å². The maximum atomic E-state index is 12.0. The van der Waals surface area contributed by atoms with Crippen molar-refractivity contribution in [1.82, 2.24) is 0 Å². The predicted octanol–water partition coefficient (Wildman–Crippen LogP) is 5.45. The standard InChI is InChI=1S/C20H23BrN2O4/c1-20(2,3)14-9-10-18(17(21)12-14)27-11-5-8-19(24)22-15-6-4-7-16(13-15)23(25)26/h4,6-7,9-10,12-13H,5,8,11H2,1-3H3,(H,22,24). The fraction of sp³-hybridized carbons (Fsp3) is 0.350. The van der Waals surface area contributed by atoms with E-state index in [-0.39, 0.29) is 23.4 Å². The molecule has 2 aromatic rings. The molecule has 7 heteroatoms. The molecular weight excluding hydrogens is 412 g/mol. The maximum Gasteiger partial charge on any atom is 0.271 e. The first-order valence-corrected chi connectivity index (χ1v) is 9.43. The molecule has 0 bridgehead atoms. The van der Waals surface area contributed by atoms with Crippen molar-refractivity contribution < 1.29 is 14.5 Å². The second-order valence-electron chi connectivity index (χ2n) is 7.20. The molecule has 2 rings (SSSR count). The Kier molecular flexibility index (Phi) is 6.96. The summed E-state index contributed by atoms with van der Waals surface area (Å²) in [5, 5.41) is 13.4. The van der Waals surface area contributed by atoms with E-state index in [9.17, 15) is 14.9 Å². The second kappa shape index (κ2) is 8.99. The van der Waals surface area contributed by atoms with Crippen molar-refractivity contribution in [3.05, 3.63) is 62.6 Å². The smallest absolute Gasteiger partial charge is 0.271 e. The van der Waals surface area contributed by atoms with Gasteiger partial charge >= 0.3 is 0 Å². The number of nitrogens with one attached hydrogen (secondary N) is 1. The Morgan fingerprint density at radius 3 is 2.59 bits per heavy atom. The number of nitro groups is 1. The largest absolute Gasteiger partial charge is 0.492 e. The molecule has 0 heterocycles. The molecule has 1 N–H and O–H groups in total. The van der Waals surface area contributed by atoms with E-state index in [1.165, 1.54) is 23.8 Å². The average Bonchev–Trinajstić information content (AvgIpc) is 2.59. The van der Waals surface area contributed by atoms with Gasteiger partial charge in [0.2, 0.25) is 5.91 Å². The highest BCUT2D eigenvalue weighted by Crippen LogP contribution is 2.31. The van der Waals surface area contributed by atoms with E-state index in [0.29, 0.717) is 18.7 Å². The van der Waals surface area contributed by atoms with Gasteiger partial charge in [0, 0.05) is 24.2 Å². The predicted molar refractivity (Wildman–Crippen MR) is 109 cm³/mol. The molecule has 0 unspecified atom stereocenters. The van der Waals surface area contributed by atoms with Crippen LogP contribution in [0.1, 0.15) is 39.2 Å². The van der Waals surface area contributed by atoms with Crippen LogP contribution in [0.15, 0.2) is 46.9 Å². The van der Waals surface area contributed by atoms with Crippen LogP contribution in [0.2, 0.25) is 0 Å². The number of rotatable bonds is 7. The van der Waals surface area contributed by atoms with E-state index in [4.69, 9.17) is 4.74 Å². The summed E-state index contributed by atoms with van der Waals surface area (Å²) >= 11 is 3.52. The van der Waals surface area contributed by atoms with Gasteiger partial charge in [-0.2, -0.15) is 0 Å². The number of nitrogens with zero attached hydrogens (tertiary/aromatic N) is 1. The Balaban J connectivity index is 1.80. The normalized spacial score (nSPS) is 11.1. The van der Waals surface area contributed by atoms with Gasteiger partial charge in [-0.25, -0.2) is 0 Å². The number of halogens is 1. The molecule has 27 heavy (non-hydrogen) atoms. The molecule has 1 amide bonds. The minimum Gasteiger partial charge on any atom is -0.492 e. The Bertz CT molecular complexity index is 831. The number of hydrogen-bond acceptors (Lipinski definition) is 4. The first-order chi connectivity index (χ1) is 12.7. The topological polar surface area (TPSA) is 81.5 Å². The number of carbonyl (C=O) groups excluding carboxylic acids is 1. The van der Waals surface area contributed by atoms with Crippen LogP contribution in [-0.2, 0) is 10.2 Å². The van der Waals surface area contributed by atoms with E-state index in [0.717, 1.165) is 10.2 Å². The Labute approximate surface area is 167 Å². The summed E-state index contributed by atoms with van der Waals surface area (Å²) in [6.45, 7) is 6.84. The molecule has 0 aromatic heterocycles. The number of amides is 1. The van der Waals surface area contributed by atoms with Gasteiger partial charge in [-0.15, -0.1) is 0 Å². The van der Waals surface area contributed by atoms with Crippen molar-refractivity contribution in [2.45, 2.75) is 39.0 Å². The first-order valence-electron chi connectivity index (χ1n) is 8.64. The van der Waals surface area contributed by atoms with Crippen LogP contribution in [0, 0.1) is 10.1 Å². The van der Waals surface area contributed by atoms with Crippen LogP contribution in [-0.4, -0.2) is 17.4 Å². The zero-order chi connectivity index (χ0) is 20.0. The fourth-order valence-electron chi connectivity index (χ4n) is 2.42. The molecular formula is C20H23BrN2O4. The molecule has 2 aromatic carbocycles. The average molecular weight is 435 g/mol. The Morgan fingerprint density at radius 2 is 1.96 bits per heavy atom. The van der Waals surface area contributed by atoms with Gasteiger partial charge in [-0.1, -0.05) is 32.9 Å². The maximum absolute atomic E-state index is 12.0. The highest BCUT2D eigenvalue weighted by Gasteiger charge is 2.15. The Morgan fingerprint density at radius 1 is 1.22 bits per heavy atom. The molecule has 0 aliphatic rings. The summed E-state index contributed by atoms with van der Waals surface area (Å²) in [5.41, 5.74) is 1.62. The SMILES string of the molecule is CC(C)(C)c1ccc(OCCCC(=O)Nc2cccc([N+](=O)[O-])c2)c(Br)c1. The quantitative estimate of drug-likeness (QED) is 0.356. The van der Waals surface area contributed by atoms with Crippen molar-refractivity contribution in [3.8, 4) is 5.75 Å². The van der Waals surface area contributed by atoms with Crippen molar-refractivity contribution >= 4 is 33.2 Å². The molecule has 0 radical (unpaired) electrons. The van der Waals surface area contributed by atoms with E-state index >= 15 is 0 Å². The number of benzene rings is 2. The van der Waals surface area contributed by atoms with Gasteiger partial charge in [-0.3, -0.25) is 14.9 Å². The Hall–Kier alpha value is -2.41. The van der Waals surface area contributed by atoms with Crippen LogP contribution in [0.4, 0.5) is 11.4 Å². The molecule has 0 saturated carbocycles. The van der Waals surface area contributed by atoms with Crippen molar-refractivity contribution in [2.75, 3.05) is 11.9 Å². The minimum absolute atomic E-state index is 0.0558. The number of anilines is 1. The van der Waals surface area contributed by atoms with Gasteiger partial charge in [0.15, 0.2) is 0 Å². The highest BCUT2D eigenvalue weighted by molar-refractivity contribution is 9.10. The highest BCUT2D eigenvalue weighted by atomic mass is 79.9. The van der Waals surface area contributed by atoms with Gasteiger partial charge in [-0.05, 0) is 51.5 Å². The third kappa shape index (κ3) is 6.36. The molecule has 0 spiro atoms. The van der Waals surface area contributed by atoms with Crippen LogP contribution in [0.3, 0.4) is 0 Å². The lowest BCUT2D eigenvalue weighted by molar-refractivity contribution is -0.384. The first kappa shape index (κ1) is 20.9. The summed E-state index contributed by atoms with van der Waals surface area (Å²) in [7, 11) is 0. The number of non-ortho nitro benzene ring substituents is 1. The number of hydrogen-bond donors (Lipinski definition) is 1. The fourth-order valence-corrected chi connectivity index (χ4v) is 2.91. The van der Waals surface area contributed by atoms with Gasteiger partial charge in [0.1, 0.15) is 5.75 Å². The summed E-state index contributed by atoms with van der Waals surface area (Å²) in [6, 6.07) is 11.9. The summed E-state index contributed by atoms with van der Waals surface area (Å²) in [4.78, 5) is 22.2. The summed E-state index contributed by atoms with van der Waals surface area (Å²) < 4.78 is 6.62. The molecule has 0 fully saturated rings. The number of nitro benzene ring substituents is 1. The third-order valence-corrected chi connectivity index (χ3v) is 4.56. The van der Waals surface area contributed by atoms with Gasteiger partial charge < -0.3 is 10.1 Å². The molecule has 0 aliphatic heterocycles. The van der Waals surface area contributed by atoms with E-state index in [1.54, 1.807) is 6.07 Å². The minimum atomic E-state index is -0.494. The van der Waals surface area contributed by atoms with Crippen LogP contribution < -0.4 is 10.1 Å². The van der Waals surface area contributed by atoms with Crippen molar-refractivity contribution in [3.63, 3.8) is 0 Å². The lowest BCUT2D eigenvalue weighted by Gasteiger charge is -2.20. The van der Waals surface area contributed by atoms with E-state index in [1.807, 2.05) is 18.2 Å². The zero-order valence-electron chi connectivity index (χ0n) is 15.6. The number of carbonyl (C=O) groups is 1. The third-order valence-electron chi connectivity index (χ3n) is 3.94. The van der Waals surface area contributed by atoms with Crippen molar-refractivity contribution in [1.29, 1.82) is 0 Å². The van der Waals surface area contributed by atoms with Gasteiger partial charge in [0.05, 0.1) is 16.0 Å². The summed E-state index contributed by atoms with van der Waals surface area (Å²) in [5.74, 6) is 0.531. The lowest BCUT2D eigenvalue weighted by atomic mass is 9.87. The van der Waals surface area contributed by atoms with Crippen LogP contribution in [0.25, 0.3) is 0 Å². The zero-order valence-corrected chi connectivity index (χ0v) is 17.2.